The lowest BCUT2D eigenvalue weighted by atomic mass is 10.1. The van der Waals surface area contributed by atoms with E-state index in [0.717, 1.165) is 37.5 Å². The molecule has 4 N–H and O–H groups in total. The zero-order valence-electron chi connectivity index (χ0n) is 14.0. The molecule has 1 aliphatic rings. The van der Waals surface area contributed by atoms with Crippen molar-refractivity contribution >= 4 is 11.8 Å². The molecule has 2 amide bonds. The zero-order chi connectivity index (χ0) is 17.0. The van der Waals surface area contributed by atoms with Gasteiger partial charge >= 0.3 is 0 Å². The van der Waals surface area contributed by atoms with E-state index in [4.69, 9.17) is 5.73 Å². The van der Waals surface area contributed by atoms with E-state index in [0.29, 0.717) is 0 Å². The number of aryl methyl sites for hydroxylation is 2. The van der Waals surface area contributed by atoms with Gasteiger partial charge in [0.25, 0.3) is 0 Å². The number of carbonyl (C=O) groups excluding carboxylic acids is 2. The van der Waals surface area contributed by atoms with Crippen LogP contribution < -0.4 is 16.4 Å². The summed E-state index contributed by atoms with van der Waals surface area (Å²) in [6.07, 6.45) is 2.53. The van der Waals surface area contributed by atoms with Crippen LogP contribution >= 0.6 is 0 Å². The molecule has 2 atom stereocenters. The number of nitrogens with zero attached hydrogens (tertiary/aromatic N) is 3. The minimum atomic E-state index is -0.604. The third-order valence-electron chi connectivity index (χ3n) is 4.01. The van der Waals surface area contributed by atoms with Gasteiger partial charge in [0.05, 0.1) is 18.6 Å². The van der Waals surface area contributed by atoms with E-state index in [1.165, 1.54) is 0 Å². The minimum Gasteiger partial charge on any atom is -0.346 e. The first-order chi connectivity index (χ1) is 10.9. The SMILES string of the molecule is CCc1nc2n(n1)CCCC2NC(=O)CNC(=O)[C@@H](N)C(C)C. The van der Waals surface area contributed by atoms with Crippen LogP contribution in [0.25, 0.3) is 0 Å². The molecule has 1 unspecified atom stereocenters. The molecule has 1 aromatic heterocycles. The largest absolute Gasteiger partial charge is 0.346 e. The monoisotopic (exact) mass is 322 g/mol. The van der Waals surface area contributed by atoms with Gasteiger partial charge in [-0.3, -0.25) is 9.59 Å². The molecule has 0 spiro atoms. The molecule has 0 saturated carbocycles. The minimum absolute atomic E-state index is 0.0300. The molecule has 2 heterocycles. The fourth-order valence-electron chi connectivity index (χ4n) is 2.52. The van der Waals surface area contributed by atoms with Crippen LogP contribution in [0.2, 0.25) is 0 Å². The molecule has 8 heteroatoms. The summed E-state index contributed by atoms with van der Waals surface area (Å²) in [6.45, 7) is 6.48. The van der Waals surface area contributed by atoms with Crippen molar-refractivity contribution < 1.29 is 9.59 Å². The van der Waals surface area contributed by atoms with Crippen LogP contribution in [0.3, 0.4) is 0 Å². The topological polar surface area (TPSA) is 115 Å². The van der Waals surface area contributed by atoms with Gasteiger partial charge in [-0.15, -0.1) is 0 Å². The molecule has 0 aliphatic carbocycles. The van der Waals surface area contributed by atoms with Crippen molar-refractivity contribution in [3.8, 4) is 0 Å². The molecular formula is C15H26N6O2. The van der Waals surface area contributed by atoms with Gasteiger partial charge in [0, 0.05) is 13.0 Å². The van der Waals surface area contributed by atoms with Crippen molar-refractivity contribution in [3.63, 3.8) is 0 Å². The molecule has 0 radical (unpaired) electrons. The highest BCUT2D eigenvalue weighted by Crippen LogP contribution is 2.22. The normalized spacial score (nSPS) is 18.4. The summed E-state index contributed by atoms with van der Waals surface area (Å²) in [5.74, 6) is 1.07. The van der Waals surface area contributed by atoms with Crippen LogP contribution in [0.15, 0.2) is 0 Å². The van der Waals surface area contributed by atoms with Gasteiger partial charge in [0.1, 0.15) is 5.82 Å². The Kier molecular flexibility index (Phi) is 5.70. The highest BCUT2D eigenvalue weighted by Gasteiger charge is 2.26. The number of aromatic nitrogens is 3. The Bertz CT molecular complexity index is 568. The van der Waals surface area contributed by atoms with Crippen molar-refractivity contribution in [2.75, 3.05) is 6.54 Å². The smallest absolute Gasteiger partial charge is 0.239 e. The number of fused-ring (bicyclic) bond motifs is 1. The van der Waals surface area contributed by atoms with Crippen molar-refractivity contribution in [1.82, 2.24) is 25.4 Å². The van der Waals surface area contributed by atoms with Gasteiger partial charge in [-0.2, -0.15) is 5.10 Å². The highest BCUT2D eigenvalue weighted by atomic mass is 16.2. The van der Waals surface area contributed by atoms with Crippen LogP contribution in [0.1, 0.15) is 51.3 Å². The Morgan fingerprint density at radius 1 is 1.43 bits per heavy atom. The van der Waals surface area contributed by atoms with Gasteiger partial charge in [0.15, 0.2) is 5.82 Å². The third kappa shape index (κ3) is 4.28. The summed E-state index contributed by atoms with van der Waals surface area (Å²) in [5.41, 5.74) is 5.75. The predicted octanol–water partition coefficient (Wildman–Crippen LogP) is -0.109. The van der Waals surface area contributed by atoms with E-state index in [1.54, 1.807) is 0 Å². The zero-order valence-corrected chi connectivity index (χ0v) is 14.0. The molecule has 23 heavy (non-hydrogen) atoms. The number of hydrogen-bond donors (Lipinski definition) is 3. The van der Waals surface area contributed by atoms with Crippen molar-refractivity contribution in [2.45, 2.75) is 58.7 Å². The van der Waals surface area contributed by atoms with E-state index in [-0.39, 0.29) is 30.3 Å². The van der Waals surface area contributed by atoms with Crippen molar-refractivity contribution in [3.05, 3.63) is 11.6 Å². The maximum Gasteiger partial charge on any atom is 0.239 e. The second kappa shape index (κ2) is 7.54. The first-order valence-electron chi connectivity index (χ1n) is 8.18. The van der Waals surface area contributed by atoms with Gasteiger partial charge in [-0.1, -0.05) is 20.8 Å². The highest BCUT2D eigenvalue weighted by molar-refractivity contribution is 5.87. The standard InChI is InChI=1S/C15H26N6O2/c1-4-11-19-14-10(6-5-7-21(14)20-11)18-12(22)8-17-15(23)13(16)9(2)3/h9-10,13H,4-8,16H2,1-3H3,(H,17,23)(H,18,22)/t10?,13-/m0/s1. The fourth-order valence-corrected chi connectivity index (χ4v) is 2.52. The fraction of sp³-hybridized carbons (Fsp3) is 0.733. The van der Waals surface area contributed by atoms with E-state index >= 15 is 0 Å². The van der Waals surface area contributed by atoms with Gasteiger partial charge in [-0.25, -0.2) is 9.67 Å². The second-order valence-corrected chi connectivity index (χ2v) is 6.21. The Labute approximate surface area is 136 Å². The lowest BCUT2D eigenvalue weighted by Crippen LogP contribution is -2.47. The van der Waals surface area contributed by atoms with Crippen molar-refractivity contribution in [2.24, 2.45) is 11.7 Å². The molecule has 1 aliphatic heterocycles. The molecule has 0 fully saturated rings. The Balaban J connectivity index is 1.89. The Hall–Kier alpha value is -1.96. The van der Waals surface area contributed by atoms with Crippen LogP contribution in [-0.2, 0) is 22.6 Å². The predicted molar refractivity (Wildman–Crippen MR) is 85.3 cm³/mol. The second-order valence-electron chi connectivity index (χ2n) is 6.21. The number of nitrogens with one attached hydrogen (secondary N) is 2. The summed E-state index contributed by atoms with van der Waals surface area (Å²) in [4.78, 5) is 28.3. The molecule has 0 aromatic carbocycles. The van der Waals surface area contributed by atoms with Gasteiger partial charge < -0.3 is 16.4 Å². The molecule has 0 saturated heterocycles. The number of carbonyl (C=O) groups is 2. The lowest BCUT2D eigenvalue weighted by molar-refractivity contribution is -0.127. The van der Waals surface area contributed by atoms with E-state index in [1.807, 2.05) is 25.5 Å². The maximum absolute atomic E-state index is 12.1. The van der Waals surface area contributed by atoms with E-state index < -0.39 is 6.04 Å². The quantitative estimate of drug-likeness (QED) is 0.676. The number of rotatable bonds is 6. The van der Waals surface area contributed by atoms with Crippen LogP contribution in [0.4, 0.5) is 0 Å². The Morgan fingerprint density at radius 3 is 2.83 bits per heavy atom. The third-order valence-corrected chi connectivity index (χ3v) is 4.01. The average Bonchev–Trinajstić information content (AvgIpc) is 2.96. The summed E-state index contributed by atoms with van der Waals surface area (Å²) in [5, 5.41) is 9.90. The summed E-state index contributed by atoms with van der Waals surface area (Å²) in [6, 6.07) is -0.757. The van der Waals surface area contributed by atoms with E-state index in [9.17, 15) is 9.59 Å². The average molecular weight is 322 g/mol. The van der Waals surface area contributed by atoms with Crippen LogP contribution in [0, 0.1) is 5.92 Å². The maximum atomic E-state index is 12.1. The van der Waals surface area contributed by atoms with Crippen LogP contribution in [-0.4, -0.2) is 39.2 Å². The molecule has 0 bridgehead atoms. The Morgan fingerprint density at radius 2 is 2.17 bits per heavy atom. The van der Waals surface area contributed by atoms with Crippen molar-refractivity contribution in [1.29, 1.82) is 0 Å². The lowest BCUT2D eigenvalue weighted by Gasteiger charge is -2.23. The molecule has 2 rings (SSSR count). The first kappa shape index (κ1) is 17.4. The summed E-state index contributed by atoms with van der Waals surface area (Å²) >= 11 is 0. The summed E-state index contributed by atoms with van der Waals surface area (Å²) < 4.78 is 1.86. The van der Waals surface area contributed by atoms with Crippen LogP contribution in [0.5, 0.6) is 0 Å². The van der Waals surface area contributed by atoms with Gasteiger partial charge in [0.2, 0.25) is 11.8 Å². The molecule has 1 aromatic rings. The number of amides is 2. The molecule has 128 valence electrons. The van der Waals surface area contributed by atoms with Gasteiger partial charge in [-0.05, 0) is 18.8 Å². The molecule has 8 nitrogen and oxygen atoms in total. The number of nitrogens with two attached hydrogens (primary N) is 1. The number of hydrogen-bond acceptors (Lipinski definition) is 5. The molecular weight excluding hydrogens is 296 g/mol. The van der Waals surface area contributed by atoms with E-state index in [2.05, 4.69) is 20.7 Å². The summed E-state index contributed by atoms with van der Waals surface area (Å²) in [7, 11) is 0. The first-order valence-corrected chi connectivity index (χ1v) is 8.18.